The predicted octanol–water partition coefficient (Wildman–Crippen LogP) is 1.62. The molecule has 1 saturated heterocycles. The number of anilines is 1. The van der Waals surface area contributed by atoms with Gasteiger partial charge in [-0.05, 0) is 37.4 Å². The third-order valence-electron chi connectivity index (χ3n) is 5.50. The Kier molecular flexibility index (Phi) is 4.84. The number of rotatable bonds is 3. The summed E-state index contributed by atoms with van der Waals surface area (Å²) in [5.41, 5.74) is 2.62. The number of nitrogens with zero attached hydrogens (tertiary/aromatic N) is 4. The summed E-state index contributed by atoms with van der Waals surface area (Å²) in [6.07, 6.45) is 7.88. The fourth-order valence-electron chi connectivity index (χ4n) is 3.95. The molecule has 1 aromatic carbocycles. The number of carbonyl (C=O) groups excluding carboxylic acids is 1. The second-order valence-electron chi connectivity index (χ2n) is 7.24. The highest BCUT2D eigenvalue weighted by molar-refractivity contribution is 5.82. The molecule has 2 aliphatic rings. The van der Waals surface area contributed by atoms with Gasteiger partial charge in [0.15, 0.2) is 0 Å². The Morgan fingerprint density at radius 2 is 1.92 bits per heavy atom. The molecule has 4 rings (SSSR count). The highest BCUT2D eigenvalue weighted by Gasteiger charge is 2.31. The number of fused-ring (bicyclic) bond motifs is 1. The van der Waals surface area contributed by atoms with Crippen molar-refractivity contribution in [2.45, 2.75) is 37.9 Å². The molecule has 2 aromatic rings. The van der Waals surface area contributed by atoms with E-state index in [0.29, 0.717) is 0 Å². The number of carbonyl (C=O) groups is 1. The lowest BCUT2D eigenvalue weighted by Gasteiger charge is -2.36. The molecule has 0 radical (unpaired) electrons. The topological polar surface area (TPSA) is 61.4 Å². The predicted molar refractivity (Wildman–Crippen MR) is 101 cm³/mol. The van der Waals surface area contributed by atoms with Gasteiger partial charge in [-0.3, -0.25) is 14.7 Å². The van der Waals surface area contributed by atoms with Crippen molar-refractivity contribution in [1.29, 1.82) is 0 Å². The summed E-state index contributed by atoms with van der Waals surface area (Å²) >= 11 is 0. The molecular formula is C20H25N5O. The van der Waals surface area contributed by atoms with Crippen molar-refractivity contribution in [2.75, 3.05) is 25.0 Å². The Hall–Kier alpha value is -2.47. The normalized spacial score (nSPS) is 21.3. The molecule has 6 heteroatoms. The van der Waals surface area contributed by atoms with E-state index in [1.807, 2.05) is 7.05 Å². The van der Waals surface area contributed by atoms with Crippen LogP contribution in [0, 0.1) is 0 Å². The first kappa shape index (κ1) is 17.0. The molecule has 136 valence electrons. The van der Waals surface area contributed by atoms with Gasteiger partial charge in [-0.25, -0.2) is 4.98 Å². The van der Waals surface area contributed by atoms with Gasteiger partial charge in [0, 0.05) is 38.1 Å². The van der Waals surface area contributed by atoms with E-state index < -0.39 is 0 Å². The Bertz CT molecular complexity index is 758. The van der Waals surface area contributed by atoms with Crippen LogP contribution in [-0.4, -0.2) is 53.0 Å². The Labute approximate surface area is 154 Å². The zero-order valence-electron chi connectivity index (χ0n) is 15.1. The van der Waals surface area contributed by atoms with Crippen LogP contribution in [0.25, 0.3) is 0 Å². The second-order valence-corrected chi connectivity index (χ2v) is 7.24. The van der Waals surface area contributed by atoms with E-state index >= 15 is 0 Å². The van der Waals surface area contributed by atoms with E-state index in [4.69, 9.17) is 0 Å². The molecule has 1 fully saturated rings. The minimum Gasteiger partial charge on any atom is -0.355 e. The fraction of sp³-hybridized carbons (Fsp3) is 0.450. The van der Waals surface area contributed by atoms with Crippen molar-refractivity contribution in [3.8, 4) is 0 Å². The van der Waals surface area contributed by atoms with Gasteiger partial charge in [0.25, 0.3) is 0 Å². The summed E-state index contributed by atoms with van der Waals surface area (Å²) < 4.78 is 0. The molecule has 1 atom stereocenters. The van der Waals surface area contributed by atoms with E-state index in [2.05, 4.69) is 49.4 Å². The van der Waals surface area contributed by atoms with Crippen LogP contribution in [0.15, 0.2) is 42.9 Å². The Balaban J connectivity index is 1.33. The van der Waals surface area contributed by atoms with E-state index in [1.54, 1.807) is 18.6 Å². The van der Waals surface area contributed by atoms with Gasteiger partial charge in [0.1, 0.15) is 5.82 Å². The van der Waals surface area contributed by atoms with Crippen LogP contribution < -0.4 is 10.2 Å². The van der Waals surface area contributed by atoms with Crippen LogP contribution >= 0.6 is 0 Å². The second kappa shape index (κ2) is 7.41. The summed E-state index contributed by atoms with van der Waals surface area (Å²) in [5, 5.41) is 3.28. The van der Waals surface area contributed by atoms with Gasteiger partial charge < -0.3 is 10.2 Å². The number of benzene rings is 1. The van der Waals surface area contributed by atoms with Crippen molar-refractivity contribution in [2.24, 2.45) is 0 Å². The zero-order chi connectivity index (χ0) is 17.9. The molecule has 0 unspecified atom stereocenters. The summed E-state index contributed by atoms with van der Waals surface area (Å²) in [6, 6.07) is 8.58. The molecule has 1 N–H and O–H groups in total. The largest absolute Gasteiger partial charge is 0.355 e. The van der Waals surface area contributed by atoms with E-state index in [9.17, 15) is 4.79 Å². The maximum absolute atomic E-state index is 12.8. The molecule has 0 aliphatic carbocycles. The van der Waals surface area contributed by atoms with Crippen LogP contribution in [0.4, 0.5) is 5.82 Å². The number of likely N-dealkylation sites (N-methyl/N-ethyl adjacent to an activating group) is 1. The summed E-state index contributed by atoms with van der Waals surface area (Å²) in [6.45, 7) is 2.62. The molecule has 3 heterocycles. The van der Waals surface area contributed by atoms with Crippen LogP contribution in [0.5, 0.6) is 0 Å². The number of hydrogen-bond donors (Lipinski definition) is 1. The minimum atomic E-state index is -0.0806. The average molecular weight is 351 g/mol. The maximum Gasteiger partial charge on any atom is 0.237 e. The number of aromatic nitrogens is 2. The molecule has 2 aliphatic heterocycles. The van der Waals surface area contributed by atoms with Crippen LogP contribution in [-0.2, 0) is 17.8 Å². The fourth-order valence-corrected chi connectivity index (χ4v) is 3.95. The standard InChI is InChI=1S/C20H25N5O/c1-24-14-16-5-3-2-4-15(16)12-18(24)20(26)23-17-6-10-25(11-7-17)19-13-21-8-9-22-19/h2-5,8-9,13,17-18H,6-7,10-12,14H2,1H3,(H,23,26)/t18-/m0/s1. The van der Waals surface area contributed by atoms with Gasteiger partial charge in [-0.2, -0.15) is 0 Å². The number of amides is 1. The van der Waals surface area contributed by atoms with E-state index in [0.717, 1.165) is 44.7 Å². The third-order valence-corrected chi connectivity index (χ3v) is 5.50. The minimum absolute atomic E-state index is 0.0806. The zero-order valence-corrected chi connectivity index (χ0v) is 15.1. The molecule has 0 saturated carbocycles. The van der Waals surface area contributed by atoms with Gasteiger partial charge in [0.05, 0.1) is 12.2 Å². The molecule has 0 bridgehead atoms. The number of piperidine rings is 1. The average Bonchev–Trinajstić information content (AvgIpc) is 2.68. The lowest BCUT2D eigenvalue weighted by Crippen LogP contribution is -2.53. The van der Waals surface area contributed by atoms with Crippen molar-refractivity contribution < 1.29 is 4.79 Å². The van der Waals surface area contributed by atoms with Gasteiger partial charge in [0.2, 0.25) is 5.91 Å². The first-order chi connectivity index (χ1) is 12.7. The maximum atomic E-state index is 12.8. The lowest BCUT2D eigenvalue weighted by molar-refractivity contribution is -0.127. The molecule has 1 amide bonds. The van der Waals surface area contributed by atoms with Crippen LogP contribution in [0.3, 0.4) is 0 Å². The number of hydrogen-bond acceptors (Lipinski definition) is 5. The van der Waals surface area contributed by atoms with Gasteiger partial charge in [-0.15, -0.1) is 0 Å². The monoisotopic (exact) mass is 351 g/mol. The molecular weight excluding hydrogens is 326 g/mol. The van der Waals surface area contributed by atoms with Crippen LogP contribution in [0.1, 0.15) is 24.0 Å². The Morgan fingerprint density at radius 3 is 2.65 bits per heavy atom. The van der Waals surface area contributed by atoms with Gasteiger partial charge >= 0.3 is 0 Å². The quantitative estimate of drug-likeness (QED) is 0.910. The molecule has 6 nitrogen and oxygen atoms in total. The molecule has 26 heavy (non-hydrogen) atoms. The van der Waals surface area contributed by atoms with Crippen LogP contribution in [0.2, 0.25) is 0 Å². The first-order valence-electron chi connectivity index (χ1n) is 9.29. The highest BCUT2D eigenvalue weighted by atomic mass is 16.2. The lowest BCUT2D eigenvalue weighted by atomic mass is 9.93. The van der Waals surface area contributed by atoms with Crippen molar-refractivity contribution >= 4 is 11.7 Å². The molecule has 1 aromatic heterocycles. The van der Waals surface area contributed by atoms with Crippen molar-refractivity contribution in [3.63, 3.8) is 0 Å². The summed E-state index contributed by atoms with van der Waals surface area (Å²) in [4.78, 5) is 25.7. The highest BCUT2D eigenvalue weighted by Crippen LogP contribution is 2.23. The van der Waals surface area contributed by atoms with Gasteiger partial charge in [-0.1, -0.05) is 24.3 Å². The smallest absolute Gasteiger partial charge is 0.237 e. The molecule has 0 spiro atoms. The summed E-state index contributed by atoms with van der Waals surface area (Å²) in [5.74, 6) is 1.07. The first-order valence-corrected chi connectivity index (χ1v) is 9.29. The third kappa shape index (κ3) is 3.55. The Morgan fingerprint density at radius 1 is 1.15 bits per heavy atom. The van der Waals surface area contributed by atoms with E-state index in [-0.39, 0.29) is 18.0 Å². The van der Waals surface area contributed by atoms with Crippen molar-refractivity contribution in [3.05, 3.63) is 54.0 Å². The number of nitrogens with one attached hydrogen (secondary N) is 1. The summed E-state index contributed by atoms with van der Waals surface area (Å²) in [7, 11) is 2.04. The van der Waals surface area contributed by atoms with E-state index in [1.165, 1.54) is 11.1 Å². The van der Waals surface area contributed by atoms with Crippen molar-refractivity contribution in [1.82, 2.24) is 20.2 Å². The SMILES string of the molecule is CN1Cc2ccccc2C[C@H]1C(=O)NC1CCN(c2cnccn2)CC1.